The summed E-state index contributed by atoms with van der Waals surface area (Å²) < 4.78 is 5.52. The molecule has 0 spiro atoms. The van der Waals surface area contributed by atoms with Crippen LogP contribution in [0.4, 0.5) is 5.69 Å². The summed E-state index contributed by atoms with van der Waals surface area (Å²) in [5.74, 6) is -0.803. The summed E-state index contributed by atoms with van der Waals surface area (Å²) in [7, 11) is 0. The quantitative estimate of drug-likeness (QED) is 0.533. The fourth-order valence-electron chi connectivity index (χ4n) is 2.51. The molecule has 1 saturated heterocycles. The van der Waals surface area contributed by atoms with Crippen molar-refractivity contribution in [2.45, 2.75) is 13.3 Å². The van der Waals surface area contributed by atoms with Crippen LogP contribution < -0.4 is 10.1 Å². The molecule has 0 unspecified atom stereocenters. The number of amidine groups is 1. The van der Waals surface area contributed by atoms with E-state index < -0.39 is 5.97 Å². The molecule has 1 amide bonds. The van der Waals surface area contributed by atoms with E-state index >= 15 is 0 Å². The SMILES string of the molecule is CC(=O)c1cccc(N=C2NC(=O)/C(=C\c3ccccc3OCCC(=O)O)S2)c1. The van der Waals surface area contributed by atoms with Gasteiger partial charge in [-0.25, -0.2) is 4.99 Å². The van der Waals surface area contributed by atoms with Crippen molar-refractivity contribution in [2.75, 3.05) is 6.61 Å². The third kappa shape index (κ3) is 5.55. The number of hydrogen-bond acceptors (Lipinski definition) is 6. The Balaban J connectivity index is 1.79. The normalized spacial score (nSPS) is 16.1. The van der Waals surface area contributed by atoms with Gasteiger partial charge in [-0.2, -0.15) is 0 Å². The van der Waals surface area contributed by atoms with Gasteiger partial charge in [0.15, 0.2) is 11.0 Å². The van der Waals surface area contributed by atoms with Crippen LogP contribution in [-0.4, -0.2) is 34.5 Å². The van der Waals surface area contributed by atoms with Crippen molar-refractivity contribution in [3.05, 3.63) is 64.6 Å². The molecule has 0 bridgehead atoms. The molecule has 2 aromatic rings. The Labute approximate surface area is 171 Å². The predicted octanol–water partition coefficient (Wildman–Crippen LogP) is 3.63. The second-order valence-electron chi connectivity index (χ2n) is 6.12. The molecule has 1 fully saturated rings. The molecule has 2 aromatic carbocycles. The summed E-state index contributed by atoms with van der Waals surface area (Å²) in [4.78, 5) is 39.3. The van der Waals surface area contributed by atoms with E-state index in [1.165, 1.54) is 18.7 Å². The summed E-state index contributed by atoms with van der Waals surface area (Å²) in [6, 6.07) is 13.9. The van der Waals surface area contributed by atoms with E-state index in [1.807, 2.05) is 0 Å². The standard InChI is InChI=1S/C21H18N2O5S/c1-13(24)14-6-4-7-16(11-14)22-21-23-20(27)18(29-21)12-15-5-2-3-8-17(15)28-10-9-19(25)26/h2-8,11-12H,9-10H2,1H3,(H,25,26)(H,22,23,27)/b18-12+. The van der Waals surface area contributed by atoms with Crippen molar-refractivity contribution in [1.29, 1.82) is 0 Å². The van der Waals surface area contributed by atoms with Crippen LogP contribution in [0.25, 0.3) is 6.08 Å². The monoisotopic (exact) mass is 410 g/mol. The smallest absolute Gasteiger partial charge is 0.306 e. The van der Waals surface area contributed by atoms with Crippen molar-refractivity contribution < 1.29 is 24.2 Å². The fourth-order valence-corrected chi connectivity index (χ4v) is 3.35. The molecule has 1 aliphatic heterocycles. The predicted molar refractivity (Wildman–Crippen MR) is 111 cm³/mol. The van der Waals surface area contributed by atoms with Crippen LogP contribution in [0.3, 0.4) is 0 Å². The number of rotatable bonds is 7. The number of carbonyl (C=O) groups is 3. The Kier molecular flexibility index (Phi) is 6.46. The van der Waals surface area contributed by atoms with Crippen LogP contribution in [0.2, 0.25) is 0 Å². The highest BCUT2D eigenvalue weighted by Gasteiger charge is 2.24. The van der Waals surface area contributed by atoms with Crippen molar-refractivity contribution in [3.8, 4) is 5.75 Å². The summed E-state index contributed by atoms with van der Waals surface area (Å²) in [5, 5.41) is 11.9. The summed E-state index contributed by atoms with van der Waals surface area (Å²) in [5.41, 5.74) is 1.78. The number of Topliss-reactive ketones (excluding diaryl/α,β-unsaturated/α-hetero) is 1. The minimum Gasteiger partial charge on any atom is -0.492 e. The number of nitrogens with zero attached hydrogens (tertiary/aromatic N) is 1. The molecule has 0 radical (unpaired) electrons. The van der Waals surface area contributed by atoms with Crippen molar-refractivity contribution in [1.82, 2.24) is 5.32 Å². The van der Waals surface area contributed by atoms with Gasteiger partial charge < -0.3 is 15.2 Å². The maximum Gasteiger partial charge on any atom is 0.306 e. The molecule has 29 heavy (non-hydrogen) atoms. The van der Waals surface area contributed by atoms with Crippen molar-refractivity contribution in [3.63, 3.8) is 0 Å². The number of hydrogen-bond donors (Lipinski definition) is 2. The van der Waals surface area contributed by atoms with E-state index in [2.05, 4.69) is 10.3 Å². The Morgan fingerprint density at radius 1 is 1.21 bits per heavy atom. The second kappa shape index (κ2) is 9.20. The zero-order valence-electron chi connectivity index (χ0n) is 15.5. The van der Waals surface area contributed by atoms with Crippen LogP contribution in [0.15, 0.2) is 58.4 Å². The third-order valence-corrected chi connectivity index (χ3v) is 4.82. The molecule has 148 valence electrons. The number of ether oxygens (including phenoxy) is 1. The Morgan fingerprint density at radius 3 is 2.76 bits per heavy atom. The van der Waals surface area contributed by atoms with Crippen molar-refractivity contribution in [2.24, 2.45) is 4.99 Å². The third-order valence-electron chi connectivity index (χ3n) is 3.91. The molecule has 8 heteroatoms. The largest absolute Gasteiger partial charge is 0.492 e. The van der Waals surface area contributed by atoms with E-state index in [9.17, 15) is 14.4 Å². The molecular weight excluding hydrogens is 392 g/mol. The van der Waals surface area contributed by atoms with Gasteiger partial charge in [-0.1, -0.05) is 30.3 Å². The van der Waals surface area contributed by atoms with Gasteiger partial charge in [0.25, 0.3) is 5.91 Å². The van der Waals surface area contributed by atoms with Gasteiger partial charge in [0, 0.05) is 11.1 Å². The van der Waals surface area contributed by atoms with Gasteiger partial charge in [0.1, 0.15) is 5.75 Å². The van der Waals surface area contributed by atoms with Gasteiger partial charge in [0.05, 0.1) is 23.6 Å². The van der Waals surface area contributed by atoms with Gasteiger partial charge in [0.2, 0.25) is 0 Å². The van der Waals surface area contributed by atoms with Gasteiger partial charge in [-0.15, -0.1) is 0 Å². The summed E-state index contributed by atoms with van der Waals surface area (Å²) in [6.45, 7) is 1.52. The number of carbonyl (C=O) groups excluding carboxylic acids is 2. The topological polar surface area (TPSA) is 105 Å². The summed E-state index contributed by atoms with van der Waals surface area (Å²) >= 11 is 1.18. The number of thioether (sulfide) groups is 1. The number of nitrogens with one attached hydrogen (secondary N) is 1. The highest BCUT2D eigenvalue weighted by atomic mass is 32.2. The molecule has 3 rings (SSSR count). The Hall–Kier alpha value is -3.39. The van der Waals surface area contributed by atoms with E-state index in [4.69, 9.17) is 9.84 Å². The first kappa shape index (κ1) is 20.3. The second-order valence-corrected chi connectivity index (χ2v) is 7.15. The minimum absolute atomic E-state index is 0.0358. The lowest BCUT2D eigenvalue weighted by Gasteiger charge is -2.08. The molecule has 1 heterocycles. The Morgan fingerprint density at radius 2 is 2.00 bits per heavy atom. The Bertz CT molecular complexity index is 1030. The molecule has 2 N–H and O–H groups in total. The molecule has 0 aromatic heterocycles. The van der Waals surface area contributed by atoms with E-state index in [1.54, 1.807) is 54.6 Å². The molecule has 0 aliphatic carbocycles. The number of aliphatic carboxylic acids is 1. The number of aliphatic imine (C=N–C) groups is 1. The molecule has 0 atom stereocenters. The molecule has 0 saturated carbocycles. The van der Waals surface area contributed by atoms with Crippen LogP contribution in [0.5, 0.6) is 5.75 Å². The van der Waals surface area contributed by atoms with Crippen LogP contribution in [0.1, 0.15) is 29.3 Å². The highest BCUT2D eigenvalue weighted by molar-refractivity contribution is 8.18. The minimum atomic E-state index is -0.943. The zero-order valence-corrected chi connectivity index (χ0v) is 16.4. The highest BCUT2D eigenvalue weighted by Crippen LogP contribution is 2.30. The van der Waals surface area contributed by atoms with E-state index in [0.29, 0.717) is 32.6 Å². The van der Waals surface area contributed by atoms with Crippen molar-refractivity contribution >= 4 is 46.4 Å². The molecular formula is C21H18N2O5S. The first-order valence-corrected chi connectivity index (χ1v) is 9.58. The number of benzene rings is 2. The fraction of sp³-hybridized carbons (Fsp3) is 0.143. The molecule has 7 nitrogen and oxygen atoms in total. The average Bonchev–Trinajstić information content (AvgIpc) is 3.02. The average molecular weight is 410 g/mol. The first-order valence-electron chi connectivity index (χ1n) is 8.76. The van der Waals surface area contributed by atoms with Gasteiger partial charge in [-0.3, -0.25) is 14.4 Å². The van der Waals surface area contributed by atoms with Crippen LogP contribution in [0, 0.1) is 0 Å². The maximum atomic E-state index is 12.3. The van der Waals surface area contributed by atoms with E-state index in [-0.39, 0.29) is 24.7 Å². The lowest BCUT2D eigenvalue weighted by atomic mass is 10.1. The molecule has 1 aliphatic rings. The van der Waals surface area contributed by atoms with Crippen LogP contribution in [-0.2, 0) is 9.59 Å². The summed E-state index contributed by atoms with van der Waals surface area (Å²) in [6.07, 6.45) is 1.56. The number of ketones is 1. The first-order chi connectivity index (χ1) is 13.9. The van der Waals surface area contributed by atoms with Gasteiger partial charge >= 0.3 is 5.97 Å². The zero-order chi connectivity index (χ0) is 20.8. The number of para-hydroxylation sites is 1. The van der Waals surface area contributed by atoms with E-state index in [0.717, 1.165) is 0 Å². The number of amides is 1. The lowest BCUT2D eigenvalue weighted by Crippen LogP contribution is -2.19. The lowest BCUT2D eigenvalue weighted by molar-refractivity contribution is -0.137. The number of carboxylic acid groups (broad SMARTS) is 1. The number of carboxylic acids is 1. The van der Waals surface area contributed by atoms with Crippen LogP contribution >= 0.6 is 11.8 Å². The maximum absolute atomic E-state index is 12.3. The van der Waals surface area contributed by atoms with Gasteiger partial charge in [-0.05, 0) is 43.0 Å².